The molecule has 0 amide bonds. The van der Waals surface area contributed by atoms with Gasteiger partial charge in [-0.25, -0.2) is 0 Å². The number of carbonyl (C=O) groups excluding carboxylic acids is 1. The van der Waals surface area contributed by atoms with Crippen LogP contribution in [0.15, 0.2) is 36.4 Å². The first-order chi connectivity index (χ1) is 9.80. The summed E-state index contributed by atoms with van der Waals surface area (Å²) in [5, 5.41) is 0. The van der Waals surface area contributed by atoms with Crippen LogP contribution in [0, 0.1) is 13.8 Å². The van der Waals surface area contributed by atoms with Crippen LogP contribution in [0.25, 0.3) is 11.1 Å². The van der Waals surface area contributed by atoms with Gasteiger partial charge in [0.1, 0.15) is 12.0 Å². The van der Waals surface area contributed by atoms with Gasteiger partial charge in [-0.1, -0.05) is 18.2 Å². The van der Waals surface area contributed by atoms with E-state index in [1.165, 1.54) is 12.1 Å². The maximum Gasteiger partial charge on any atom is 0.573 e. The Morgan fingerprint density at radius 3 is 2.29 bits per heavy atom. The van der Waals surface area contributed by atoms with Crippen molar-refractivity contribution >= 4 is 6.29 Å². The molecular weight excluding hydrogens is 281 g/mol. The predicted octanol–water partition coefficient (Wildman–Crippen LogP) is 4.68. The molecule has 0 saturated carbocycles. The molecule has 21 heavy (non-hydrogen) atoms. The summed E-state index contributed by atoms with van der Waals surface area (Å²) in [6.45, 7) is 3.78. The average molecular weight is 294 g/mol. The Balaban J connectivity index is 2.57. The van der Waals surface area contributed by atoms with Gasteiger partial charge in [-0.05, 0) is 48.7 Å². The zero-order valence-electron chi connectivity index (χ0n) is 11.5. The number of alkyl halides is 3. The van der Waals surface area contributed by atoms with Crippen LogP contribution in [0.5, 0.6) is 5.75 Å². The van der Waals surface area contributed by atoms with Crippen LogP contribution in [0.2, 0.25) is 0 Å². The van der Waals surface area contributed by atoms with E-state index in [0.717, 1.165) is 17.2 Å². The number of ether oxygens (including phenoxy) is 1. The van der Waals surface area contributed by atoms with Crippen molar-refractivity contribution in [2.75, 3.05) is 0 Å². The smallest absolute Gasteiger partial charge is 0.405 e. The van der Waals surface area contributed by atoms with E-state index < -0.39 is 6.36 Å². The molecule has 0 bridgehead atoms. The summed E-state index contributed by atoms with van der Waals surface area (Å²) in [5.41, 5.74) is 3.07. The molecule has 0 radical (unpaired) electrons. The lowest BCUT2D eigenvalue weighted by Crippen LogP contribution is -2.17. The molecule has 2 rings (SSSR count). The van der Waals surface area contributed by atoms with Crippen molar-refractivity contribution in [3.05, 3.63) is 53.1 Å². The molecular formula is C16H13F3O2. The van der Waals surface area contributed by atoms with E-state index in [0.29, 0.717) is 11.8 Å². The Hall–Kier alpha value is -2.30. The normalized spacial score (nSPS) is 11.3. The summed E-state index contributed by atoms with van der Waals surface area (Å²) in [7, 11) is 0. The second-order valence-electron chi connectivity index (χ2n) is 4.72. The van der Waals surface area contributed by atoms with Crippen LogP contribution in [0.4, 0.5) is 13.2 Å². The Morgan fingerprint density at radius 1 is 1.00 bits per heavy atom. The summed E-state index contributed by atoms with van der Waals surface area (Å²) >= 11 is 0. The Labute approximate surface area is 120 Å². The van der Waals surface area contributed by atoms with Crippen LogP contribution >= 0.6 is 0 Å². The van der Waals surface area contributed by atoms with Gasteiger partial charge in [-0.3, -0.25) is 4.79 Å². The Morgan fingerprint density at radius 2 is 1.71 bits per heavy atom. The average Bonchev–Trinajstić information content (AvgIpc) is 2.41. The van der Waals surface area contributed by atoms with Crippen LogP contribution in [0.3, 0.4) is 0 Å². The number of aldehydes is 1. The minimum absolute atomic E-state index is 0.236. The van der Waals surface area contributed by atoms with Crippen molar-refractivity contribution in [3.63, 3.8) is 0 Å². The van der Waals surface area contributed by atoms with Gasteiger partial charge in [0.25, 0.3) is 0 Å². The van der Waals surface area contributed by atoms with Gasteiger partial charge in [-0.15, -0.1) is 13.2 Å². The maximum absolute atomic E-state index is 12.5. The highest BCUT2D eigenvalue weighted by atomic mass is 19.4. The maximum atomic E-state index is 12.5. The lowest BCUT2D eigenvalue weighted by atomic mass is 9.98. The molecule has 0 aliphatic heterocycles. The number of halogens is 3. The van der Waals surface area contributed by atoms with Crippen molar-refractivity contribution in [1.82, 2.24) is 0 Å². The van der Waals surface area contributed by atoms with E-state index in [-0.39, 0.29) is 16.9 Å². The van der Waals surface area contributed by atoms with Crippen LogP contribution in [-0.4, -0.2) is 12.6 Å². The first-order valence-corrected chi connectivity index (χ1v) is 6.23. The SMILES string of the molecule is Cc1ccc(-c2cc(C=O)ccc2OC(F)(F)F)cc1C. The number of benzene rings is 2. The zero-order valence-corrected chi connectivity index (χ0v) is 11.5. The molecule has 0 N–H and O–H groups in total. The molecule has 2 aromatic carbocycles. The number of hydrogen-bond donors (Lipinski definition) is 0. The molecule has 0 aromatic heterocycles. The van der Waals surface area contributed by atoms with Crippen LogP contribution in [0.1, 0.15) is 21.5 Å². The summed E-state index contributed by atoms with van der Waals surface area (Å²) in [6.07, 6.45) is -4.20. The van der Waals surface area contributed by atoms with E-state index in [1.807, 2.05) is 19.9 Å². The molecule has 2 aromatic rings. The summed E-state index contributed by atoms with van der Waals surface area (Å²) in [5.74, 6) is -0.323. The van der Waals surface area contributed by atoms with Gasteiger partial charge in [0.15, 0.2) is 0 Å². The van der Waals surface area contributed by atoms with Crippen molar-refractivity contribution in [2.45, 2.75) is 20.2 Å². The van der Waals surface area contributed by atoms with Crippen LogP contribution in [-0.2, 0) is 0 Å². The predicted molar refractivity (Wildman–Crippen MR) is 73.4 cm³/mol. The fourth-order valence-corrected chi connectivity index (χ4v) is 1.97. The summed E-state index contributed by atoms with van der Waals surface area (Å²) in [4.78, 5) is 10.8. The summed E-state index contributed by atoms with van der Waals surface area (Å²) in [6, 6.07) is 9.12. The van der Waals surface area contributed by atoms with Crippen LogP contribution < -0.4 is 4.74 Å². The third kappa shape index (κ3) is 3.62. The molecule has 5 heteroatoms. The molecule has 0 unspecified atom stereocenters. The number of rotatable bonds is 3. The fourth-order valence-electron chi connectivity index (χ4n) is 1.97. The number of hydrogen-bond acceptors (Lipinski definition) is 2. The fraction of sp³-hybridized carbons (Fsp3) is 0.188. The molecule has 0 aliphatic rings. The van der Waals surface area contributed by atoms with Gasteiger partial charge < -0.3 is 4.74 Å². The molecule has 110 valence electrons. The topological polar surface area (TPSA) is 26.3 Å². The van der Waals surface area contributed by atoms with E-state index in [9.17, 15) is 18.0 Å². The Kier molecular flexibility index (Phi) is 4.02. The largest absolute Gasteiger partial charge is 0.573 e. The second-order valence-corrected chi connectivity index (χ2v) is 4.72. The number of carbonyl (C=O) groups is 1. The Bertz CT molecular complexity index is 676. The third-order valence-electron chi connectivity index (χ3n) is 3.18. The third-order valence-corrected chi connectivity index (χ3v) is 3.18. The summed E-state index contributed by atoms with van der Waals surface area (Å²) < 4.78 is 41.5. The lowest BCUT2D eigenvalue weighted by molar-refractivity contribution is -0.274. The minimum Gasteiger partial charge on any atom is -0.405 e. The molecule has 0 fully saturated rings. The zero-order chi connectivity index (χ0) is 15.6. The monoisotopic (exact) mass is 294 g/mol. The highest BCUT2D eigenvalue weighted by molar-refractivity contribution is 5.81. The van der Waals surface area contributed by atoms with E-state index in [2.05, 4.69) is 4.74 Å². The van der Waals surface area contributed by atoms with Gasteiger partial charge in [-0.2, -0.15) is 0 Å². The van der Waals surface area contributed by atoms with Gasteiger partial charge in [0.2, 0.25) is 0 Å². The number of aryl methyl sites for hydroxylation is 2. The molecule has 2 nitrogen and oxygen atoms in total. The molecule has 0 spiro atoms. The quantitative estimate of drug-likeness (QED) is 0.768. The molecule has 0 heterocycles. The standard InChI is InChI=1S/C16H13F3O2/c1-10-3-5-13(7-11(10)2)14-8-12(9-20)4-6-15(14)21-16(17,18)19/h3-9H,1-2H3. The van der Waals surface area contributed by atoms with E-state index in [4.69, 9.17) is 0 Å². The molecule has 0 aliphatic carbocycles. The molecule has 0 saturated heterocycles. The van der Waals surface area contributed by atoms with Crippen molar-refractivity contribution in [1.29, 1.82) is 0 Å². The van der Waals surface area contributed by atoms with Gasteiger partial charge in [0.05, 0.1) is 0 Å². The van der Waals surface area contributed by atoms with Gasteiger partial charge in [0, 0.05) is 11.1 Å². The van der Waals surface area contributed by atoms with E-state index >= 15 is 0 Å². The first kappa shape index (κ1) is 15.1. The van der Waals surface area contributed by atoms with Crippen molar-refractivity contribution in [2.24, 2.45) is 0 Å². The highest BCUT2D eigenvalue weighted by Crippen LogP contribution is 2.35. The first-order valence-electron chi connectivity index (χ1n) is 6.23. The van der Waals surface area contributed by atoms with E-state index in [1.54, 1.807) is 12.1 Å². The molecule has 0 atom stereocenters. The van der Waals surface area contributed by atoms with Crippen molar-refractivity contribution in [3.8, 4) is 16.9 Å². The van der Waals surface area contributed by atoms with Gasteiger partial charge >= 0.3 is 6.36 Å². The highest BCUT2D eigenvalue weighted by Gasteiger charge is 2.32. The second kappa shape index (κ2) is 5.60. The van der Waals surface area contributed by atoms with Crippen molar-refractivity contribution < 1.29 is 22.7 Å². The lowest BCUT2D eigenvalue weighted by Gasteiger charge is -2.14. The minimum atomic E-state index is -4.78.